The van der Waals surface area contributed by atoms with E-state index in [9.17, 15) is 9.18 Å². The molecular weight excluding hydrogens is 467 g/mol. The van der Waals surface area contributed by atoms with Crippen molar-refractivity contribution in [3.63, 3.8) is 0 Å². The standard InChI is InChI=1S/C27H22ClFN4O2/c1-3-17-10-12-22(13-11-17)33-16(2)23(24(30-27(33)34)18-6-5-9-21(29)15-18)26-31-25(32-35-26)19-7-4-8-20(28)14-19/h4-15,24H,3H2,1-2H3,(H,30,34). The van der Waals surface area contributed by atoms with Crippen molar-refractivity contribution in [3.8, 4) is 11.4 Å². The number of amides is 2. The minimum atomic E-state index is -0.683. The van der Waals surface area contributed by atoms with Crippen LogP contribution in [0.3, 0.4) is 0 Å². The van der Waals surface area contributed by atoms with E-state index in [1.807, 2.05) is 37.3 Å². The predicted octanol–water partition coefficient (Wildman–Crippen LogP) is 6.79. The summed E-state index contributed by atoms with van der Waals surface area (Å²) in [5.41, 5.74) is 4.30. The van der Waals surface area contributed by atoms with Crippen molar-refractivity contribution in [1.82, 2.24) is 15.5 Å². The predicted molar refractivity (Wildman–Crippen MR) is 133 cm³/mol. The maximum Gasteiger partial charge on any atom is 0.326 e. The van der Waals surface area contributed by atoms with Crippen LogP contribution in [0.25, 0.3) is 17.0 Å². The lowest BCUT2D eigenvalue weighted by Gasteiger charge is -2.35. The topological polar surface area (TPSA) is 71.3 Å². The van der Waals surface area contributed by atoms with E-state index in [1.54, 1.807) is 35.2 Å². The van der Waals surface area contributed by atoms with Gasteiger partial charge in [0.1, 0.15) is 5.82 Å². The quantitative estimate of drug-likeness (QED) is 0.335. The van der Waals surface area contributed by atoms with Crippen LogP contribution in [0.4, 0.5) is 14.9 Å². The van der Waals surface area contributed by atoms with E-state index in [-0.39, 0.29) is 11.9 Å². The lowest BCUT2D eigenvalue weighted by atomic mass is 9.94. The SMILES string of the molecule is CCc1ccc(N2C(=O)NC(c3cccc(F)c3)C(c3nc(-c4cccc(Cl)c4)no3)=C2C)cc1. The van der Waals surface area contributed by atoms with Gasteiger partial charge in [0.15, 0.2) is 0 Å². The second-order valence-electron chi connectivity index (χ2n) is 8.23. The first-order valence-corrected chi connectivity index (χ1v) is 11.6. The molecule has 0 radical (unpaired) electrons. The Labute approximate surface area is 207 Å². The summed E-state index contributed by atoms with van der Waals surface area (Å²) in [4.78, 5) is 19.4. The van der Waals surface area contributed by atoms with Gasteiger partial charge in [-0.15, -0.1) is 0 Å². The smallest absolute Gasteiger partial charge is 0.326 e. The van der Waals surface area contributed by atoms with Gasteiger partial charge >= 0.3 is 6.03 Å². The van der Waals surface area contributed by atoms with E-state index in [0.717, 1.165) is 12.0 Å². The summed E-state index contributed by atoms with van der Waals surface area (Å²) in [6, 6.07) is 20.0. The normalized spacial score (nSPS) is 15.9. The molecule has 0 bridgehead atoms. The average molecular weight is 489 g/mol. The fourth-order valence-electron chi connectivity index (χ4n) is 4.23. The number of nitrogens with zero attached hydrogens (tertiary/aromatic N) is 3. The highest BCUT2D eigenvalue weighted by atomic mass is 35.5. The van der Waals surface area contributed by atoms with Crippen LogP contribution in [0.15, 0.2) is 83.0 Å². The molecule has 4 aromatic rings. The summed E-state index contributed by atoms with van der Waals surface area (Å²) in [6.45, 7) is 3.89. The van der Waals surface area contributed by atoms with Crippen LogP contribution in [-0.4, -0.2) is 16.2 Å². The number of rotatable bonds is 5. The van der Waals surface area contributed by atoms with Crippen LogP contribution in [0.5, 0.6) is 0 Å². The third-order valence-corrected chi connectivity index (χ3v) is 6.24. The van der Waals surface area contributed by atoms with E-state index in [0.29, 0.717) is 38.9 Å². The van der Waals surface area contributed by atoms with Gasteiger partial charge in [-0.1, -0.05) is 60.1 Å². The number of nitrogens with one attached hydrogen (secondary N) is 1. The fourth-order valence-corrected chi connectivity index (χ4v) is 4.42. The van der Waals surface area contributed by atoms with Crippen LogP contribution in [-0.2, 0) is 6.42 Å². The van der Waals surface area contributed by atoms with Crippen molar-refractivity contribution in [1.29, 1.82) is 0 Å². The summed E-state index contributed by atoms with van der Waals surface area (Å²) in [7, 11) is 0. The molecule has 1 unspecified atom stereocenters. The van der Waals surface area contributed by atoms with E-state index < -0.39 is 11.9 Å². The number of urea groups is 1. The van der Waals surface area contributed by atoms with E-state index in [4.69, 9.17) is 16.1 Å². The first-order chi connectivity index (χ1) is 16.9. The van der Waals surface area contributed by atoms with Crippen LogP contribution >= 0.6 is 11.6 Å². The van der Waals surface area contributed by atoms with E-state index in [1.165, 1.54) is 12.1 Å². The van der Waals surface area contributed by atoms with Crippen LogP contribution in [0.1, 0.15) is 36.9 Å². The maximum absolute atomic E-state index is 14.1. The molecule has 35 heavy (non-hydrogen) atoms. The molecule has 6 nitrogen and oxygen atoms in total. The number of aryl methyl sites for hydroxylation is 1. The van der Waals surface area contributed by atoms with Gasteiger partial charge in [0.2, 0.25) is 5.82 Å². The van der Waals surface area contributed by atoms with Crippen LogP contribution < -0.4 is 10.2 Å². The molecule has 1 aliphatic heterocycles. The Bertz CT molecular complexity index is 1430. The number of carbonyl (C=O) groups is 1. The zero-order chi connectivity index (χ0) is 24.5. The third kappa shape index (κ3) is 4.42. The molecule has 0 fully saturated rings. The Hall–Kier alpha value is -3.97. The molecule has 8 heteroatoms. The van der Waals surface area contributed by atoms with Crippen LogP contribution in [0, 0.1) is 5.82 Å². The zero-order valence-corrected chi connectivity index (χ0v) is 19.9. The zero-order valence-electron chi connectivity index (χ0n) is 19.1. The fraction of sp³-hybridized carbons (Fsp3) is 0.148. The lowest BCUT2D eigenvalue weighted by Crippen LogP contribution is -2.46. The summed E-state index contributed by atoms with van der Waals surface area (Å²) in [6.07, 6.45) is 0.891. The molecule has 1 N–H and O–H groups in total. The lowest BCUT2D eigenvalue weighted by molar-refractivity contribution is 0.244. The minimum Gasteiger partial charge on any atom is -0.334 e. The number of anilines is 1. The summed E-state index contributed by atoms with van der Waals surface area (Å²) < 4.78 is 19.8. The van der Waals surface area contributed by atoms with Crippen molar-refractivity contribution in [2.75, 3.05) is 4.90 Å². The molecule has 3 aromatic carbocycles. The number of halogens is 2. The Kier molecular flexibility index (Phi) is 6.09. The van der Waals surface area contributed by atoms with Gasteiger partial charge in [-0.25, -0.2) is 9.18 Å². The Balaban J connectivity index is 1.65. The monoisotopic (exact) mass is 488 g/mol. The number of hydrogen-bond acceptors (Lipinski definition) is 4. The second-order valence-corrected chi connectivity index (χ2v) is 8.66. The van der Waals surface area contributed by atoms with Crippen LogP contribution in [0.2, 0.25) is 5.02 Å². The second kappa shape index (κ2) is 9.35. The van der Waals surface area contributed by atoms with Crippen molar-refractivity contribution in [3.05, 3.63) is 106 Å². The number of carbonyl (C=O) groups excluding carboxylic acids is 1. The van der Waals surface area contributed by atoms with Gasteiger partial charge in [0, 0.05) is 16.3 Å². The highest BCUT2D eigenvalue weighted by molar-refractivity contribution is 6.30. The van der Waals surface area contributed by atoms with Gasteiger partial charge in [-0.3, -0.25) is 4.90 Å². The van der Waals surface area contributed by atoms with Crippen molar-refractivity contribution < 1.29 is 13.7 Å². The molecule has 1 aromatic heterocycles. The third-order valence-electron chi connectivity index (χ3n) is 6.01. The van der Waals surface area contributed by atoms with Gasteiger partial charge in [0.05, 0.1) is 17.3 Å². The van der Waals surface area contributed by atoms with Crippen molar-refractivity contribution in [2.45, 2.75) is 26.3 Å². The van der Waals surface area contributed by atoms with Gasteiger partial charge in [-0.05, 0) is 60.9 Å². The molecule has 0 saturated heterocycles. The number of allylic oxidation sites excluding steroid dienone is 1. The van der Waals surface area contributed by atoms with Gasteiger partial charge < -0.3 is 9.84 Å². The molecular formula is C27H22ClFN4O2. The van der Waals surface area contributed by atoms with Crippen molar-refractivity contribution in [2.24, 2.45) is 0 Å². The van der Waals surface area contributed by atoms with E-state index >= 15 is 0 Å². The number of benzene rings is 3. The molecule has 0 spiro atoms. The number of hydrogen-bond donors (Lipinski definition) is 1. The molecule has 0 aliphatic carbocycles. The molecule has 1 aliphatic rings. The van der Waals surface area contributed by atoms with Gasteiger partial charge in [0.25, 0.3) is 5.89 Å². The highest BCUT2D eigenvalue weighted by Gasteiger charge is 2.36. The van der Waals surface area contributed by atoms with Gasteiger partial charge in [-0.2, -0.15) is 4.98 Å². The molecule has 0 saturated carbocycles. The first kappa shape index (κ1) is 22.8. The number of aromatic nitrogens is 2. The minimum absolute atomic E-state index is 0.224. The Morgan fingerprint density at radius 1 is 1.09 bits per heavy atom. The Morgan fingerprint density at radius 3 is 2.57 bits per heavy atom. The summed E-state index contributed by atoms with van der Waals surface area (Å²) in [5.74, 6) is 0.176. The largest absolute Gasteiger partial charge is 0.334 e. The Morgan fingerprint density at radius 2 is 1.86 bits per heavy atom. The van der Waals surface area contributed by atoms with Crippen molar-refractivity contribution >= 4 is 28.9 Å². The summed E-state index contributed by atoms with van der Waals surface area (Å²) >= 11 is 6.13. The summed E-state index contributed by atoms with van der Waals surface area (Å²) in [5, 5.41) is 7.68. The molecule has 5 rings (SSSR count). The molecule has 1 atom stereocenters. The van der Waals surface area contributed by atoms with E-state index in [2.05, 4.69) is 22.4 Å². The molecule has 176 valence electrons. The highest BCUT2D eigenvalue weighted by Crippen LogP contribution is 2.39. The first-order valence-electron chi connectivity index (χ1n) is 11.2. The molecule has 2 heterocycles. The average Bonchev–Trinajstić information content (AvgIpc) is 3.34. The maximum atomic E-state index is 14.1. The molecule has 2 amide bonds.